The summed E-state index contributed by atoms with van der Waals surface area (Å²) in [5, 5.41) is 12.1. The van der Waals surface area contributed by atoms with E-state index < -0.39 is 0 Å². The molecule has 5 heteroatoms. The first-order valence-corrected chi connectivity index (χ1v) is 10.6. The highest BCUT2D eigenvalue weighted by Gasteiger charge is 2.24. The van der Waals surface area contributed by atoms with Crippen molar-refractivity contribution in [2.75, 3.05) is 25.0 Å². The molecule has 0 saturated carbocycles. The zero-order chi connectivity index (χ0) is 19.3. The number of hydrogen-bond acceptors (Lipinski definition) is 5. The molecule has 0 spiro atoms. The average Bonchev–Trinajstić information content (AvgIpc) is 3.25. The van der Waals surface area contributed by atoms with Gasteiger partial charge in [-0.1, -0.05) is 42.5 Å². The molecule has 4 nitrogen and oxygen atoms in total. The molecule has 4 rings (SSSR count). The number of nitriles is 1. The molecule has 2 aromatic carbocycles. The van der Waals surface area contributed by atoms with Gasteiger partial charge < -0.3 is 4.90 Å². The number of aromatic nitrogens is 1. The molecule has 28 heavy (non-hydrogen) atoms. The summed E-state index contributed by atoms with van der Waals surface area (Å²) in [4.78, 5) is 9.74. The van der Waals surface area contributed by atoms with Crippen LogP contribution < -0.4 is 4.90 Å². The molecule has 1 saturated heterocycles. The van der Waals surface area contributed by atoms with Gasteiger partial charge in [-0.25, -0.2) is 4.98 Å². The van der Waals surface area contributed by atoms with Crippen LogP contribution in [0.3, 0.4) is 0 Å². The van der Waals surface area contributed by atoms with Crippen LogP contribution in [0.15, 0.2) is 60.0 Å². The normalized spacial score (nSPS) is 15.3. The lowest BCUT2D eigenvalue weighted by molar-refractivity contribution is 0.203. The van der Waals surface area contributed by atoms with E-state index in [0.717, 1.165) is 48.9 Å². The molecule has 1 aliphatic rings. The maximum Gasteiger partial charge on any atom is 0.185 e. The van der Waals surface area contributed by atoms with E-state index in [1.807, 2.05) is 24.3 Å². The van der Waals surface area contributed by atoms with Gasteiger partial charge in [0.15, 0.2) is 5.13 Å². The Morgan fingerprint density at radius 2 is 1.82 bits per heavy atom. The van der Waals surface area contributed by atoms with E-state index in [-0.39, 0.29) is 0 Å². The largest absolute Gasteiger partial charge is 0.348 e. The number of hydrogen-bond donors (Lipinski definition) is 0. The van der Waals surface area contributed by atoms with Gasteiger partial charge in [0.05, 0.1) is 17.3 Å². The van der Waals surface area contributed by atoms with E-state index >= 15 is 0 Å². The molecule has 0 unspecified atom stereocenters. The molecule has 1 aliphatic heterocycles. The molecular formula is C23H24N4S. The topological polar surface area (TPSA) is 43.2 Å². The first-order chi connectivity index (χ1) is 13.7. The van der Waals surface area contributed by atoms with Crippen LogP contribution in [0.5, 0.6) is 0 Å². The molecule has 0 atom stereocenters. The predicted octanol–water partition coefficient (Wildman–Crippen LogP) is 4.78. The Morgan fingerprint density at radius 1 is 1.11 bits per heavy atom. The number of rotatable bonds is 5. The molecule has 1 fully saturated rings. The maximum absolute atomic E-state index is 8.95. The summed E-state index contributed by atoms with van der Waals surface area (Å²) >= 11 is 1.70. The summed E-state index contributed by atoms with van der Waals surface area (Å²) < 4.78 is 0. The number of nitrogens with zero attached hydrogens (tertiary/aromatic N) is 4. The monoisotopic (exact) mass is 388 g/mol. The van der Waals surface area contributed by atoms with Crippen molar-refractivity contribution in [1.29, 1.82) is 5.26 Å². The van der Waals surface area contributed by atoms with Crippen LogP contribution in [-0.4, -0.2) is 36.1 Å². The fourth-order valence-corrected chi connectivity index (χ4v) is 4.61. The first-order valence-electron chi connectivity index (χ1n) is 9.68. The molecule has 1 aromatic heterocycles. The zero-order valence-electron chi connectivity index (χ0n) is 16.1. The number of benzene rings is 2. The SMILES string of the molecule is CN(c1nc(-c2ccc(C#N)cc2)cs1)C1CCN(Cc2ccccc2)CC1. The van der Waals surface area contributed by atoms with Crippen molar-refractivity contribution in [2.24, 2.45) is 0 Å². The molecule has 0 N–H and O–H groups in total. The second-order valence-electron chi connectivity index (χ2n) is 7.31. The van der Waals surface area contributed by atoms with Crippen molar-refractivity contribution in [2.45, 2.75) is 25.4 Å². The highest BCUT2D eigenvalue weighted by molar-refractivity contribution is 7.14. The number of anilines is 1. The second-order valence-corrected chi connectivity index (χ2v) is 8.14. The zero-order valence-corrected chi connectivity index (χ0v) is 16.9. The summed E-state index contributed by atoms with van der Waals surface area (Å²) in [7, 11) is 2.17. The summed E-state index contributed by atoms with van der Waals surface area (Å²) in [6.07, 6.45) is 2.32. The van der Waals surface area contributed by atoms with Gasteiger partial charge in [-0.3, -0.25) is 4.90 Å². The Hall–Kier alpha value is -2.68. The van der Waals surface area contributed by atoms with Gasteiger partial charge in [0.1, 0.15) is 0 Å². The first kappa shape index (κ1) is 18.7. The molecule has 0 radical (unpaired) electrons. The Kier molecular flexibility index (Phi) is 5.70. The minimum absolute atomic E-state index is 0.534. The van der Waals surface area contributed by atoms with Crippen LogP contribution >= 0.6 is 11.3 Å². The fraction of sp³-hybridized carbons (Fsp3) is 0.304. The van der Waals surface area contributed by atoms with Crippen LogP contribution in [0.1, 0.15) is 24.0 Å². The van der Waals surface area contributed by atoms with Gasteiger partial charge in [-0.05, 0) is 30.5 Å². The Balaban J connectivity index is 1.36. The lowest BCUT2D eigenvalue weighted by atomic mass is 10.0. The predicted molar refractivity (Wildman–Crippen MR) is 115 cm³/mol. The summed E-state index contributed by atoms with van der Waals surface area (Å²) in [5.41, 5.74) is 4.12. The van der Waals surface area contributed by atoms with E-state index in [9.17, 15) is 0 Å². The van der Waals surface area contributed by atoms with Crippen LogP contribution in [0.2, 0.25) is 0 Å². The molecular weight excluding hydrogens is 364 g/mol. The standard InChI is InChI=1S/C23H24N4S/c1-26(21-11-13-27(14-12-21)16-19-5-3-2-4-6-19)23-25-22(17-28-23)20-9-7-18(15-24)8-10-20/h2-10,17,21H,11-14,16H2,1H3. The molecule has 3 aromatic rings. The summed E-state index contributed by atoms with van der Waals surface area (Å²) in [6, 6.07) is 21.1. The number of piperidine rings is 1. The minimum atomic E-state index is 0.534. The molecule has 0 bridgehead atoms. The van der Waals surface area contributed by atoms with Crippen molar-refractivity contribution in [3.05, 3.63) is 71.1 Å². The van der Waals surface area contributed by atoms with Crippen molar-refractivity contribution in [3.8, 4) is 17.3 Å². The van der Waals surface area contributed by atoms with Gasteiger partial charge in [0, 0.05) is 43.7 Å². The molecule has 2 heterocycles. The maximum atomic E-state index is 8.95. The van der Waals surface area contributed by atoms with Gasteiger partial charge in [-0.15, -0.1) is 11.3 Å². The van der Waals surface area contributed by atoms with Crippen molar-refractivity contribution in [3.63, 3.8) is 0 Å². The van der Waals surface area contributed by atoms with Gasteiger partial charge in [0.25, 0.3) is 0 Å². The lowest BCUT2D eigenvalue weighted by Gasteiger charge is -2.36. The average molecular weight is 389 g/mol. The van der Waals surface area contributed by atoms with Crippen LogP contribution in [0, 0.1) is 11.3 Å². The van der Waals surface area contributed by atoms with Gasteiger partial charge in [0.2, 0.25) is 0 Å². The van der Waals surface area contributed by atoms with E-state index in [1.165, 1.54) is 5.56 Å². The quantitative estimate of drug-likeness (QED) is 0.631. The molecule has 142 valence electrons. The third-order valence-corrected chi connectivity index (χ3v) is 6.39. The van der Waals surface area contributed by atoms with Crippen molar-refractivity contribution < 1.29 is 0 Å². The van der Waals surface area contributed by atoms with Crippen LogP contribution in [0.25, 0.3) is 11.3 Å². The highest BCUT2D eigenvalue weighted by atomic mass is 32.1. The van der Waals surface area contributed by atoms with E-state index in [1.54, 1.807) is 11.3 Å². The van der Waals surface area contributed by atoms with Gasteiger partial charge in [-0.2, -0.15) is 5.26 Å². The third-order valence-electron chi connectivity index (χ3n) is 5.46. The van der Waals surface area contributed by atoms with Crippen molar-refractivity contribution >= 4 is 16.5 Å². The van der Waals surface area contributed by atoms with E-state index in [0.29, 0.717) is 11.6 Å². The second kappa shape index (κ2) is 8.55. The summed E-state index contributed by atoms with van der Waals surface area (Å²) in [5.74, 6) is 0. The lowest BCUT2D eigenvalue weighted by Crippen LogP contribution is -2.43. The van der Waals surface area contributed by atoms with E-state index in [2.05, 4.69) is 58.6 Å². The summed E-state index contributed by atoms with van der Waals surface area (Å²) in [6.45, 7) is 3.28. The Bertz CT molecular complexity index is 935. The van der Waals surface area contributed by atoms with Crippen molar-refractivity contribution in [1.82, 2.24) is 9.88 Å². The number of thiazole rings is 1. The highest BCUT2D eigenvalue weighted by Crippen LogP contribution is 2.30. The number of likely N-dealkylation sites (tertiary alicyclic amines) is 1. The minimum Gasteiger partial charge on any atom is -0.348 e. The Labute approximate surface area is 170 Å². The third kappa shape index (κ3) is 4.24. The van der Waals surface area contributed by atoms with E-state index in [4.69, 9.17) is 10.2 Å². The Morgan fingerprint density at radius 3 is 2.50 bits per heavy atom. The van der Waals surface area contributed by atoms with Crippen LogP contribution in [-0.2, 0) is 6.54 Å². The molecule has 0 amide bonds. The smallest absolute Gasteiger partial charge is 0.185 e. The van der Waals surface area contributed by atoms with Gasteiger partial charge >= 0.3 is 0 Å². The van der Waals surface area contributed by atoms with Crippen LogP contribution in [0.4, 0.5) is 5.13 Å². The molecule has 0 aliphatic carbocycles. The fourth-order valence-electron chi connectivity index (χ4n) is 3.74.